The number of furan rings is 4. The average molecular weight is 1410 g/mol. The fraction of sp³-hybridized carbons (Fsp3) is 0.0204. The molecule has 508 valence electrons. The van der Waals surface area contributed by atoms with Crippen molar-refractivity contribution in [2.75, 3.05) is 0 Å². The van der Waals surface area contributed by atoms with Gasteiger partial charge in [0.15, 0.2) is 11.2 Å². The van der Waals surface area contributed by atoms with Crippen LogP contribution in [0.1, 0.15) is 18.6 Å². The first kappa shape index (κ1) is 62.6. The minimum absolute atomic E-state index is 0. The quantitative estimate of drug-likeness (QED) is 0.157. The molecule has 0 aliphatic heterocycles. The van der Waals surface area contributed by atoms with Crippen molar-refractivity contribution in [3.63, 3.8) is 0 Å². The molecule has 0 N–H and O–H groups in total. The summed E-state index contributed by atoms with van der Waals surface area (Å²) >= 11 is 6.25. The number of nitrogens with zero attached hydrogens (tertiary/aromatic N) is 5. The van der Waals surface area contributed by atoms with Gasteiger partial charge in [-0.1, -0.05) is 250 Å². The highest BCUT2D eigenvalue weighted by atomic mass is 35.5. The molecule has 0 atom stereocenters. The molecule has 16 aromatic carbocycles. The number of aromatic nitrogens is 5. The van der Waals surface area contributed by atoms with Gasteiger partial charge in [0.2, 0.25) is 11.2 Å². The molecule has 0 bridgehead atoms. The van der Waals surface area contributed by atoms with E-state index in [-0.39, 0.29) is 12.7 Å². The smallest absolute Gasteiger partial charge is 0.236 e. The largest absolute Gasteiger partial charge is 0.455 e. The Morgan fingerprint density at radius 2 is 0.694 bits per heavy atom. The zero-order valence-corrected chi connectivity index (χ0v) is 57.9. The Labute approximate surface area is 622 Å². The number of benzene rings is 16. The Morgan fingerprint density at radius 3 is 1.29 bits per heavy atom. The first-order valence-corrected chi connectivity index (χ1v) is 36.2. The monoisotopic (exact) mass is 1410 g/mol. The summed E-state index contributed by atoms with van der Waals surface area (Å²) in [7, 11) is 0. The van der Waals surface area contributed by atoms with Crippen molar-refractivity contribution < 1.29 is 17.7 Å². The van der Waals surface area contributed by atoms with Gasteiger partial charge in [-0.3, -0.25) is 4.57 Å². The normalized spacial score (nSPS) is 12.0. The van der Waals surface area contributed by atoms with Gasteiger partial charge in [0.1, 0.15) is 55.9 Å². The lowest BCUT2D eigenvalue weighted by molar-refractivity contribution is 0.666. The van der Waals surface area contributed by atoms with Crippen molar-refractivity contribution in [1.82, 2.24) is 24.5 Å². The van der Waals surface area contributed by atoms with E-state index in [1.807, 2.05) is 66.7 Å². The third kappa shape index (κ3) is 10.2. The summed E-state index contributed by atoms with van der Waals surface area (Å²) in [6.07, 6.45) is 1.03. The van der Waals surface area contributed by atoms with E-state index < -0.39 is 0 Å². The molecular formula is C98H60ClN5O4. The summed E-state index contributed by atoms with van der Waals surface area (Å²) < 4.78 is 27.5. The summed E-state index contributed by atoms with van der Waals surface area (Å²) in [5.41, 5.74) is 23.8. The Morgan fingerprint density at radius 1 is 0.259 bits per heavy atom. The number of hydrogen-bond acceptors (Lipinski definition) is 8. The summed E-state index contributed by atoms with van der Waals surface area (Å²) in [6.45, 7) is 0. The maximum atomic E-state index is 6.53. The van der Waals surface area contributed by atoms with Crippen molar-refractivity contribution in [1.29, 1.82) is 0 Å². The van der Waals surface area contributed by atoms with Gasteiger partial charge in [-0.05, 0) is 180 Å². The van der Waals surface area contributed by atoms with Gasteiger partial charge in [0.05, 0.1) is 11.0 Å². The molecule has 1 aliphatic rings. The van der Waals surface area contributed by atoms with Gasteiger partial charge in [-0.25, -0.2) is 19.9 Å². The highest BCUT2D eigenvalue weighted by molar-refractivity contribution is 6.29. The van der Waals surface area contributed by atoms with Crippen LogP contribution < -0.4 is 0 Å². The second-order valence-electron chi connectivity index (χ2n) is 27.6. The molecule has 9 nitrogen and oxygen atoms in total. The number of halogens is 1. The van der Waals surface area contributed by atoms with Crippen molar-refractivity contribution in [3.05, 3.63) is 344 Å². The zero-order valence-electron chi connectivity index (χ0n) is 57.1. The van der Waals surface area contributed by atoms with E-state index >= 15 is 0 Å². The van der Waals surface area contributed by atoms with Crippen LogP contribution in [0.4, 0.5) is 0 Å². The lowest BCUT2D eigenvalue weighted by atomic mass is 9.99. The van der Waals surface area contributed by atoms with Gasteiger partial charge in [-0.15, -0.1) is 0 Å². The second kappa shape index (κ2) is 24.8. The minimum Gasteiger partial charge on any atom is -0.455 e. The first-order chi connectivity index (χ1) is 52.9. The van der Waals surface area contributed by atoms with Crippen LogP contribution in [0.5, 0.6) is 0 Å². The van der Waals surface area contributed by atoms with Crippen LogP contribution in [0.3, 0.4) is 0 Å². The van der Waals surface area contributed by atoms with Gasteiger partial charge >= 0.3 is 0 Å². The Balaban J connectivity index is 0.000000114. The van der Waals surface area contributed by atoms with Crippen LogP contribution in [0.15, 0.2) is 345 Å². The van der Waals surface area contributed by atoms with E-state index in [0.29, 0.717) is 22.8 Å². The highest BCUT2D eigenvalue weighted by Crippen LogP contribution is 2.45. The van der Waals surface area contributed by atoms with E-state index in [9.17, 15) is 0 Å². The molecule has 1 aliphatic carbocycles. The third-order valence-electron chi connectivity index (χ3n) is 21.5. The Kier molecular flexibility index (Phi) is 14.4. The molecule has 0 spiro atoms. The van der Waals surface area contributed by atoms with Crippen molar-refractivity contribution in [2.24, 2.45) is 0 Å². The molecule has 7 heterocycles. The third-order valence-corrected chi connectivity index (χ3v) is 21.7. The first-order valence-electron chi connectivity index (χ1n) is 35.9. The minimum atomic E-state index is 0. The summed E-state index contributed by atoms with van der Waals surface area (Å²) in [6, 6.07) is 114. The molecule has 23 aromatic rings. The van der Waals surface area contributed by atoms with Crippen molar-refractivity contribution >= 4 is 165 Å². The molecule has 0 unspecified atom stereocenters. The molecule has 0 amide bonds. The summed E-state index contributed by atoms with van der Waals surface area (Å²) in [5.74, 6) is 0.591. The van der Waals surface area contributed by atoms with E-state index in [0.717, 1.165) is 133 Å². The highest BCUT2D eigenvalue weighted by Gasteiger charge is 2.25. The lowest BCUT2D eigenvalue weighted by Gasteiger charge is -2.10. The van der Waals surface area contributed by atoms with Crippen LogP contribution in [0.2, 0.25) is 5.28 Å². The van der Waals surface area contributed by atoms with Gasteiger partial charge in [0, 0.05) is 65.0 Å². The number of fused-ring (bicyclic) bond motifs is 24. The number of para-hydroxylation sites is 5. The number of hydrogen-bond donors (Lipinski definition) is 0. The maximum Gasteiger partial charge on any atom is 0.236 e. The Bertz CT molecular complexity index is 7630. The molecule has 7 aromatic heterocycles. The molecule has 0 saturated heterocycles. The van der Waals surface area contributed by atoms with E-state index in [4.69, 9.17) is 39.2 Å². The van der Waals surface area contributed by atoms with Crippen LogP contribution in [0, 0.1) is 0 Å². The molecule has 0 saturated carbocycles. The van der Waals surface area contributed by atoms with Crippen molar-refractivity contribution in [2.45, 2.75) is 13.8 Å². The topological polar surface area (TPSA) is 109 Å². The van der Waals surface area contributed by atoms with Crippen LogP contribution in [-0.4, -0.2) is 24.5 Å². The van der Waals surface area contributed by atoms with Gasteiger partial charge in [-0.2, -0.15) is 0 Å². The standard InChI is InChI=1S/C48H27N3O2.C26H15ClN2O.C23H14O.CH4/c1-2-10-31-25-32(22-19-28(31)9-1)29-17-20-30(21-18-29)44-47-45(37-13-5-8-16-43(37)53-47)50-48(49-44)51-40-14-6-3-11-34(40)39-27-38-33(26-41(39)51)23-24-36-35-12-4-7-15-42(35)52-46(36)38;27-26-28-23(25-24(29-26)21-7-3-4-8-22(21)30-25)18-12-9-17(10-13-18)20-14-11-16-5-1-2-6-19(16)15-20;1-2-6-17-14(5-1)11-16-12-15-9-10-19-18-7-3-4-8-22(18)24-23(19)21(15)13-20(16)17;/h1-27H;1-15H;1-10,12-13H,11H2;1H4. The van der Waals surface area contributed by atoms with Gasteiger partial charge in [0.25, 0.3) is 0 Å². The predicted molar refractivity (Wildman–Crippen MR) is 446 cm³/mol. The van der Waals surface area contributed by atoms with E-state index in [2.05, 4.69) is 275 Å². The van der Waals surface area contributed by atoms with E-state index in [1.54, 1.807) is 0 Å². The van der Waals surface area contributed by atoms with Crippen molar-refractivity contribution in [3.8, 4) is 61.8 Å². The van der Waals surface area contributed by atoms with Crippen LogP contribution >= 0.6 is 11.6 Å². The SMILES string of the molecule is C.Clc1nc(-c2ccc(-c3ccc4ccccc4c3)cc2)c2oc3ccccc3c2n1.c1ccc2c(c1)Cc1cc3ccc4c5ccccc5oc4c3cc1-2.c1ccc2cc(-c3ccc(-c4nc(-n5c6ccccc6c6cc7c(ccc8c9ccccc9oc78)cc65)nc5c4oc4ccccc45)cc3)ccc2c1. The molecule has 108 heavy (non-hydrogen) atoms. The second-order valence-corrected chi connectivity index (χ2v) is 28.0. The fourth-order valence-corrected chi connectivity index (χ4v) is 16.5. The van der Waals surface area contributed by atoms with E-state index in [1.165, 1.54) is 76.5 Å². The Hall–Kier alpha value is -14.0. The molecule has 24 rings (SSSR count). The molecule has 0 radical (unpaired) electrons. The molecule has 0 fully saturated rings. The summed E-state index contributed by atoms with van der Waals surface area (Å²) in [5, 5.41) is 18.5. The maximum absolute atomic E-state index is 6.53. The molecule has 10 heteroatoms. The fourth-order valence-electron chi connectivity index (χ4n) is 16.3. The molecular weight excluding hydrogens is 1350 g/mol. The lowest BCUT2D eigenvalue weighted by Crippen LogP contribution is -2.03. The zero-order chi connectivity index (χ0) is 70.4. The van der Waals surface area contributed by atoms with Crippen LogP contribution in [0.25, 0.3) is 215 Å². The average Bonchev–Trinajstić information content (AvgIpc) is 1.56. The van der Waals surface area contributed by atoms with Gasteiger partial charge < -0.3 is 17.7 Å². The van der Waals surface area contributed by atoms with Crippen LogP contribution in [-0.2, 0) is 6.42 Å². The predicted octanol–water partition coefficient (Wildman–Crippen LogP) is 27.5. The summed E-state index contributed by atoms with van der Waals surface area (Å²) in [4.78, 5) is 19.5. The number of rotatable bonds is 5.